The fourth-order valence-electron chi connectivity index (χ4n) is 2.78. The van der Waals surface area contributed by atoms with Gasteiger partial charge in [-0.25, -0.2) is 8.42 Å². The quantitative estimate of drug-likeness (QED) is 0.540. The molecule has 0 amide bonds. The Bertz CT molecular complexity index is 873. The second kappa shape index (κ2) is 9.12. The first-order valence-electron chi connectivity index (χ1n) is 9.00. The van der Waals surface area contributed by atoms with Gasteiger partial charge in [0.25, 0.3) is 0 Å². The van der Waals surface area contributed by atoms with Gasteiger partial charge < -0.3 is 9.57 Å². The van der Waals surface area contributed by atoms with E-state index in [2.05, 4.69) is 24.2 Å². The molecule has 0 radical (unpaired) electrons. The Morgan fingerprint density at radius 2 is 1.85 bits per heavy atom. The Hall–Kier alpha value is -2.22. The predicted octanol–water partition coefficient (Wildman–Crippen LogP) is 2.82. The lowest BCUT2D eigenvalue weighted by molar-refractivity contribution is 0.0730. The van der Waals surface area contributed by atoms with E-state index in [1.807, 2.05) is 18.2 Å². The van der Waals surface area contributed by atoms with Crippen molar-refractivity contribution in [3.8, 4) is 0 Å². The molecule has 6 nitrogen and oxygen atoms in total. The van der Waals surface area contributed by atoms with Gasteiger partial charge in [-0.05, 0) is 35.2 Å². The average Bonchev–Trinajstić information content (AvgIpc) is 2.72. The standard InChI is InChI=1S/C20H24N2O4S/c1-2-17-6-8-18(9-7-17)15-21-26-16-19-4-3-5-20(14-19)27(23,24)22-10-12-25-13-11-22/h3-9,14-15H,2,10-13,16H2,1H3/b21-15-. The first-order valence-corrected chi connectivity index (χ1v) is 10.4. The van der Waals surface area contributed by atoms with E-state index in [1.165, 1.54) is 9.87 Å². The number of aryl methyl sites for hydroxylation is 1. The van der Waals surface area contributed by atoms with Gasteiger partial charge in [0.2, 0.25) is 10.0 Å². The van der Waals surface area contributed by atoms with Crippen LogP contribution in [-0.4, -0.2) is 45.2 Å². The van der Waals surface area contributed by atoms with Gasteiger partial charge in [0, 0.05) is 13.1 Å². The number of hydrogen-bond donors (Lipinski definition) is 0. The summed E-state index contributed by atoms with van der Waals surface area (Å²) < 4.78 is 32.1. The van der Waals surface area contributed by atoms with E-state index >= 15 is 0 Å². The van der Waals surface area contributed by atoms with Crippen molar-refractivity contribution >= 4 is 16.2 Å². The van der Waals surface area contributed by atoms with Crippen LogP contribution in [-0.2, 0) is 32.6 Å². The summed E-state index contributed by atoms with van der Waals surface area (Å²) in [5, 5.41) is 3.97. The summed E-state index contributed by atoms with van der Waals surface area (Å²) in [6.07, 6.45) is 2.64. The van der Waals surface area contributed by atoms with Gasteiger partial charge in [0.15, 0.2) is 0 Å². The van der Waals surface area contributed by atoms with Crippen molar-refractivity contribution in [3.63, 3.8) is 0 Å². The van der Waals surface area contributed by atoms with Crippen molar-refractivity contribution in [2.75, 3.05) is 26.3 Å². The van der Waals surface area contributed by atoms with E-state index in [9.17, 15) is 8.42 Å². The number of oxime groups is 1. The third-order valence-corrected chi connectivity index (χ3v) is 6.30. The number of nitrogens with zero attached hydrogens (tertiary/aromatic N) is 2. The predicted molar refractivity (Wildman–Crippen MR) is 104 cm³/mol. The summed E-state index contributed by atoms with van der Waals surface area (Å²) in [7, 11) is -3.51. The van der Waals surface area contributed by atoms with E-state index in [4.69, 9.17) is 9.57 Å². The topological polar surface area (TPSA) is 68.2 Å². The molecule has 3 rings (SSSR count). The molecule has 0 aromatic heterocycles. The molecule has 0 unspecified atom stereocenters. The fraction of sp³-hybridized carbons (Fsp3) is 0.350. The normalized spacial score (nSPS) is 15.9. The summed E-state index contributed by atoms with van der Waals surface area (Å²) in [4.78, 5) is 5.60. The maximum Gasteiger partial charge on any atom is 0.243 e. The van der Waals surface area contributed by atoms with Crippen LogP contribution in [0.5, 0.6) is 0 Å². The van der Waals surface area contributed by atoms with Crippen LogP contribution in [0.1, 0.15) is 23.6 Å². The fourth-order valence-corrected chi connectivity index (χ4v) is 4.26. The molecule has 2 aromatic carbocycles. The maximum atomic E-state index is 12.7. The molecule has 144 valence electrons. The van der Waals surface area contributed by atoms with Crippen LogP contribution in [0.3, 0.4) is 0 Å². The maximum absolute atomic E-state index is 12.7. The van der Waals surface area contributed by atoms with Gasteiger partial charge in [-0.1, -0.05) is 48.5 Å². The minimum Gasteiger partial charge on any atom is -0.391 e. The van der Waals surface area contributed by atoms with Crippen LogP contribution in [0.25, 0.3) is 0 Å². The summed E-state index contributed by atoms with van der Waals surface area (Å²) in [5.41, 5.74) is 2.98. The molecule has 0 spiro atoms. The molecular weight excluding hydrogens is 364 g/mol. The third kappa shape index (κ3) is 5.15. The van der Waals surface area contributed by atoms with Gasteiger partial charge >= 0.3 is 0 Å². The van der Waals surface area contributed by atoms with Gasteiger partial charge in [0.05, 0.1) is 24.3 Å². The molecule has 2 aromatic rings. The van der Waals surface area contributed by atoms with Crippen LogP contribution in [0.2, 0.25) is 0 Å². The van der Waals surface area contributed by atoms with Crippen molar-refractivity contribution in [3.05, 3.63) is 65.2 Å². The second-order valence-electron chi connectivity index (χ2n) is 6.27. The molecule has 0 aliphatic carbocycles. The number of sulfonamides is 1. The first kappa shape index (κ1) is 19.5. The minimum atomic E-state index is -3.51. The second-order valence-corrected chi connectivity index (χ2v) is 8.20. The van der Waals surface area contributed by atoms with E-state index in [-0.39, 0.29) is 11.5 Å². The molecule has 27 heavy (non-hydrogen) atoms. The highest BCUT2D eigenvalue weighted by atomic mass is 32.2. The molecule has 1 heterocycles. The van der Waals surface area contributed by atoms with Gasteiger partial charge in [-0.15, -0.1) is 0 Å². The molecule has 1 saturated heterocycles. The molecular formula is C20H24N2O4S. The largest absolute Gasteiger partial charge is 0.391 e. The average molecular weight is 388 g/mol. The summed E-state index contributed by atoms with van der Waals surface area (Å²) in [6, 6.07) is 14.9. The number of rotatable bonds is 7. The summed E-state index contributed by atoms with van der Waals surface area (Å²) in [5.74, 6) is 0. The monoisotopic (exact) mass is 388 g/mol. The Kier molecular flexibility index (Phi) is 6.60. The van der Waals surface area contributed by atoms with E-state index in [0.717, 1.165) is 17.5 Å². The van der Waals surface area contributed by atoms with Crippen LogP contribution >= 0.6 is 0 Å². The molecule has 0 bridgehead atoms. The first-order chi connectivity index (χ1) is 13.1. The highest BCUT2D eigenvalue weighted by Gasteiger charge is 2.26. The van der Waals surface area contributed by atoms with E-state index in [1.54, 1.807) is 24.4 Å². The zero-order valence-corrected chi connectivity index (χ0v) is 16.2. The van der Waals surface area contributed by atoms with Gasteiger partial charge in [0.1, 0.15) is 6.61 Å². The lowest BCUT2D eigenvalue weighted by Crippen LogP contribution is -2.40. The van der Waals surface area contributed by atoms with Crippen LogP contribution in [0.4, 0.5) is 0 Å². The molecule has 1 aliphatic heterocycles. The highest BCUT2D eigenvalue weighted by molar-refractivity contribution is 7.89. The summed E-state index contributed by atoms with van der Waals surface area (Å²) in [6.45, 7) is 3.93. The van der Waals surface area contributed by atoms with Crippen molar-refractivity contribution in [2.45, 2.75) is 24.8 Å². The van der Waals surface area contributed by atoms with Crippen molar-refractivity contribution in [2.24, 2.45) is 5.16 Å². The third-order valence-electron chi connectivity index (χ3n) is 4.40. The highest BCUT2D eigenvalue weighted by Crippen LogP contribution is 2.18. The molecule has 1 aliphatic rings. The minimum absolute atomic E-state index is 0.204. The van der Waals surface area contributed by atoms with Crippen molar-refractivity contribution in [1.82, 2.24) is 4.31 Å². The molecule has 0 saturated carbocycles. The Morgan fingerprint density at radius 1 is 1.11 bits per heavy atom. The SMILES string of the molecule is CCc1ccc(/C=N\OCc2cccc(S(=O)(=O)N3CCOCC3)c2)cc1. The van der Waals surface area contributed by atoms with E-state index < -0.39 is 10.0 Å². The number of hydrogen-bond acceptors (Lipinski definition) is 5. The lowest BCUT2D eigenvalue weighted by atomic mass is 10.1. The van der Waals surface area contributed by atoms with Gasteiger partial charge in [-0.3, -0.25) is 0 Å². The molecule has 0 atom stereocenters. The smallest absolute Gasteiger partial charge is 0.243 e. The number of ether oxygens (including phenoxy) is 1. The Morgan fingerprint density at radius 3 is 2.56 bits per heavy atom. The van der Waals surface area contributed by atoms with Crippen molar-refractivity contribution in [1.29, 1.82) is 0 Å². The zero-order valence-electron chi connectivity index (χ0n) is 15.4. The molecule has 7 heteroatoms. The Balaban J connectivity index is 1.61. The molecule has 0 N–H and O–H groups in total. The number of morpholine rings is 1. The Labute approximate surface area is 160 Å². The van der Waals surface area contributed by atoms with E-state index in [0.29, 0.717) is 26.3 Å². The molecule has 1 fully saturated rings. The van der Waals surface area contributed by atoms with Crippen LogP contribution in [0.15, 0.2) is 58.6 Å². The lowest BCUT2D eigenvalue weighted by Gasteiger charge is -2.26. The van der Waals surface area contributed by atoms with Crippen molar-refractivity contribution < 1.29 is 18.0 Å². The van der Waals surface area contributed by atoms with Crippen LogP contribution in [0, 0.1) is 0 Å². The zero-order chi connectivity index (χ0) is 19.1. The van der Waals surface area contributed by atoms with Gasteiger partial charge in [-0.2, -0.15) is 4.31 Å². The number of benzene rings is 2. The van der Waals surface area contributed by atoms with Crippen LogP contribution < -0.4 is 0 Å². The summed E-state index contributed by atoms with van der Waals surface area (Å²) >= 11 is 0.